The summed E-state index contributed by atoms with van der Waals surface area (Å²) in [6.07, 6.45) is 1.95. The van der Waals surface area contributed by atoms with Crippen LogP contribution in [0.5, 0.6) is 0 Å². The van der Waals surface area contributed by atoms with Crippen molar-refractivity contribution in [1.82, 2.24) is 9.62 Å². The van der Waals surface area contributed by atoms with Gasteiger partial charge in [-0.2, -0.15) is 0 Å². The smallest absolute Gasteiger partial charge is 0.211 e. The Morgan fingerprint density at radius 2 is 2.05 bits per heavy atom. The fourth-order valence-corrected chi connectivity index (χ4v) is 2.85. The van der Waals surface area contributed by atoms with E-state index in [1.807, 2.05) is 13.0 Å². The number of rotatable bonds is 8. The molecule has 1 N–H and O–H groups in total. The summed E-state index contributed by atoms with van der Waals surface area (Å²) in [6.45, 7) is 5.83. The van der Waals surface area contributed by atoms with Gasteiger partial charge in [0, 0.05) is 19.6 Å². The highest BCUT2D eigenvalue weighted by molar-refractivity contribution is 7.88. The molecule has 0 aromatic heterocycles. The molecule has 0 saturated carbocycles. The Morgan fingerprint density at radius 1 is 1.35 bits per heavy atom. The predicted molar refractivity (Wildman–Crippen MR) is 79.6 cm³/mol. The summed E-state index contributed by atoms with van der Waals surface area (Å²) in [7, 11) is -3.11. The first kappa shape index (κ1) is 17.1. The van der Waals surface area contributed by atoms with Crippen molar-refractivity contribution in [2.24, 2.45) is 0 Å². The molecule has 114 valence electrons. The largest absolute Gasteiger partial charge is 0.313 e. The summed E-state index contributed by atoms with van der Waals surface area (Å²) in [4.78, 5) is 0. The average Bonchev–Trinajstić information content (AvgIpc) is 2.36. The highest BCUT2D eigenvalue weighted by Gasteiger charge is 2.12. The minimum atomic E-state index is -3.11. The quantitative estimate of drug-likeness (QED) is 0.746. The van der Waals surface area contributed by atoms with Gasteiger partial charge < -0.3 is 5.32 Å². The summed E-state index contributed by atoms with van der Waals surface area (Å²) in [5.41, 5.74) is 1.53. The zero-order chi connectivity index (χ0) is 15.2. The SMILES string of the molecule is CCN(CCCNCc1ccc(C)c(F)c1)S(C)(=O)=O. The molecule has 0 aliphatic carbocycles. The first-order valence-corrected chi connectivity index (χ1v) is 8.60. The molecule has 0 saturated heterocycles. The lowest BCUT2D eigenvalue weighted by Gasteiger charge is -2.17. The molecule has 0 aliphatic rings. The van der Waals surface area contributed by atoms with Crippen LogP contribution in [0.1, 0.15) is 24.5 Å². The van der Waals surface area contributed by atoms with Gasteiger partial charge in [-0.15, -0.1) is 0 Å². The van der Waals surface area contributed by atoms with E-state index < -0.39 is 10.0 Å². The molecule has 1 aromatic rings. The molecule has 1 rings (SSSR count). The second-order valence-corrected chi connectivity index (χ2v) is 6.85. The zero-order valence-electron chi connectivity index (χ0n) is 12.3. The van der Waals surface area contributed by atoms with E-state index in [0.29, 0.717) is 31.7 Å². The lowest BCUT2D eigenvalue weighted by Crippen LogP contribution is -2.32. The first-order chi connectivity index (χ1) is 9.34. The number of aryl methyl sites for hydroxylation is 1. The summed E-state index contributed by atoms with van der Waals surface area (Å²) in [5, 5.41) is 3.19. The van der Waals surface area contributed by atoms with Crippen molar-refractivity contribution in [1.29, 1.82) is 0 Å². The van der Waals surface area contributed by atoms with Crippen LogP contribution < -0.4 is 5.32 Å². The van der Waals surface area contributed by atoms with E-state index in [0.717, 1.165) is 12.0 Å². The van der Waals surface area contributed by atoms with Crippen LogP contribution in [-0.2, 0) is 16.6 Å². The van der Waals surface area contributed by atoms with E-state index in [9.17, 15) is 12.8 Å². The van der Waals surface area contributed by atoms with Gasteiger partial charge in [-0.05, 0) is 37.1 Å². The number of sulfonamides is 1. The van der Waals surface area contributed by atoms with Crippen molar-refractivity contribution in [3.63, 3.8) is 0 Å². The van der Waals surface area contributed by atoms with Crippen molar-refractivity contribution in [3.05, 3.63) is 35.1 Å². The van der Waals surface area contributed by atoms with Gasteiger partial charge in [-0.1, -0.05) is 19.1 Å². The molecular formula is C14H23FN2O2S. The number of hydrogen-bond donors (Lipinski definition) is 1. The van der Waals surface area contributed by atoms with Gasteiger partial charge >= 0.3 is 0 Å². The number of halogens is 1. The van der Waals surface area contributed by atoms with Gasteiger partial charge in [-0.3, -0.25) is 0 Å². The van der Waals surface area contributed by atoms with Crippen LogP contribution in [0.3, 0.4) is 0 Å². The number of nitrogens with zero attached hydrogens (tertiary/aromatic N) is 1. The molecular weight excluding hydrogens is 279 g/mol. The third kappa shape index (κ3) is 5.56. The molecule has 0 heterocycles. The van der Waals surface area contributed by atoms with E-state index in [-0.39, 0.29) is 5.82 Å². The second-order valence-electron chi connectivity index (χ2n) is 4.87. The minimum Gasteiger partial charge on any atom is -0.313 e. The summed E-state index contributed by atoms with van der Waals surface area (Å²) >= 11 is 0. The van der Waals surface area contributed by atoms with Crippen molar-refractivity contribution in [2.75, 3.05) is 25.9 Å². The summed E-state index contributed by atoms with van der Waals surface area (Å²) in [5.74, 6) is -0.196. The molecule has 6 heteroatoms. The van der Waals surface area contributed by atoms with Gasteiger partial charge in [0.1, 0.15) is 5.82 Å². The Labute approximate surface area is 121 Å². The van der Waals surface area contributed by atoms with Crippen molar-refractivity contribution in [2.45, 2.75) is 26.8 Å². The van der Waals surface area contributed by atoms with E-state index in [1.165, 1.54) is 16.6 Å². The number of benzene rings is 1. The molecule has 20 heavy (non-hydrogen) atoms. The van der Waals surface area contributed by atoms with E-state index in [4.69, 9.17) is 0 Å². The van der Waals surface area contributed by atoms with Crippen LogP contribution >= 0.6 is 0 Å². The fourth-order valence-electron chi connectivity index (χ4n) is 1.92. The molecule has 4 nitrogen and oxygen atoms in total. The van der Waals surface area contributed by atoms with Crippen LogP contribution in [0.2, 0.25) is 0 Å². The monoisotopic (exact) mass is 302 g/mol. The van der Waals surface area contributed by atoms with Crippen molar-refractivity contribution >= 4 is 10.0 Å². The maximum Gasteiger partial charge on any atom is 0.211 e. The average molecular weight is 302 g/mol. The zero-order valence-corrected chi connectivity index (χ0v) is 13.1. The second kappa shape index (κ2) is 7.71. The predicted octanol–water partition coefficient (Wildman–Crippen LogP) is 1.90. The lowest BCUT2D eigenvalue weighted by molar-refractivity contribution is 0.419. The first-order valence-electron chi connectivity index (χ1n) is 6.75. The highest BCUT2D eigenvalue weighted by atomic mass is 32.2. The third-order valence-electron chi connectivity index (χ3n) is 3.15. The lowest BCUT2D eigenvalue weighted by atomic mass is 10.1. The molecule has 0 aliphatic heterocycles. The van der Waals surface area contributed by atoms with Gasteiger partial charge in [0.2, 0.25) is 10.0 Å². The Bertz CT molecular complexity index is 532. The van der Waals surface area contributed by atoms with Crippen molar-refractivity contribution in [3.8, 4) is 0 Å². The van der Waals surface area contributed by atoms with E-state index >= 15 is 0 Å². The summed E-state index contributed by atoms with van der Waals surface area (Å²) in [6, 6.07) is 5.17. The molecule has 1 aromatic carbocycles. The Morgan fingerprint density at radius 3 is 2.60 bits per heavy atom. The van der Waals surface area contributed by atoms with Gasteiger partial charge in [0.25, 0.3) is 0 Å². The molecule has 0 fully saturated rings. The van der Waals surface area contributed by atoms with Crippen LogP contribution in [0.4, 0.5) is 4.39 Å². The topological polar surface area (TPSA) is 49.4 Å². The minimum absolute atomic E-state index is 0.196. The van der Waals surface area contributed by atoms with Gasteiger partial charge in [0.05, 0.1) is 6.26 Å². The molecule has 0 unspecified atom stereocenters. The Hall–Kier alpha value is -0.980. The van der Waals surface area contributed by atoms with Crippen LogP contribution in [0.15, 0.2) is 18.2 Å². The maximum atomic E-state index is 13.3. The van der Waals surface area contributed by atoms with E-state index in [2.05, 4.69) is 5.32 Å². The van der Waals surface area contributed by atoms with Gasteiger partial charge in [-0.25, -0.2) is 17.1 Å². The van der Waals surface area contributed by atoms with Crippen LogP contribution in [0.25, 0.3) is 0 Å². The molecule has 0 atom stereocenters. The summed E-state index contributed by atoms with van der Waals surface area (Å²) < 4.78 is 37.5. The Kier molecular flexibility index (Phi) is 6.58. The van der Waals surface area contributed by atoms with Crippen molar-refractivity contribution < 1.29 is 12.8 Å². The normalized spacial score (nSPS) is 12.1. The standard InChI is InChI=1S/C14H23FN2O2S/c1-4-17(20(3,18)19)9-5-8-16-11-13-7-6-12(2)14(15)10-13/h6-7,10,16H,4-5,8-9,11H2,1-3H3. The molecule has 0 radical (unpaired) electrons. The van der Waals surface area contributed by atoms with E-state index in [1.54, 1.807) is 13.0 Å². The molecule has 0 bridgehead atoms. The third-order valence-corrected chi connectivity index (χ3v) is 4.53. The van der Waals surface area contributed by atoms with Gasteiger partial charge in [0.15, 0.2) is 0 Å². The molecule has 0 amide bonds. The van der Waals surface area contributed by atoms with Crippen LogP contribution in [-0.4, -0.2) is 38.6 Å². The van der Waals surface area contributed by atoms with Crippen LogP contribution in [0, 0.1) is 12.7 Å². The Balaban J connectivity index is 2.30. The number of hydrogen-bond acceptors (Lipinski definition) is 3. The fraction of sp³-hybridized carbons (Fsp3) is 0.571. The maximum absolute atomic E-state index is 13.3. The highest BCUT2D eigenvalue weighted by Crippen LogP contribution is 2.08. The number of nitrogens with one attached hydrogen (secondary N) is 1. The molecule has 0 spiro atoms.